The average molecular weight is 203 g/mol. The second kappa shape index (κ2) is 6.65. The number of thioether (sulfide) groups is 1. The van der Waals surface area contributed by atoms with Crippen molar-refractivity contribution in [2.45, 2.75) is 13.8 Å². The molecule has 1 unspecified atom stereocenters. The summed E-state index contributed by atoms with van der Waals surface area (Å²) in [6, 6.07) is 0. The van der Waals surface area contributed by atoms with Crippen molar-refractivity contribution in [1.29, 1.82) is 5.41 Å². The number of aldehydes is 1. The lowest BCUT2D eigenvalue weighted by molar-refractivity contribution is -0.144. The Bertz CT molecular complexity index is 206. The molecule has 4 nitrogen and oxygen atoms in total. The van der Waals surface area contributed by atoms with Crippen LogP contribution in [0.3, 0.4) is 0 Å². The summed E-state index contributed by atoms with van der Waals surface area (Å²) in [4.78, 5) is 21.1. The predicted octanol–water partition coefficient (Wildman–Crippen LogP) is 1.09. The van der Waals surface area contributed by atoms with Gasteiger partial charge < -0.3 is 9.53 Å². The highest BCUT2D eigenvalue weighted by molar-refractivity contribution is 8.14. The fraction of sp³-hybridized carbons (Fsp3) is 0.625. The Hall–Kier alpha value is -0.840. The molecule has 0 aromatic rings. The highest BCUT2D eigenvalue weighted by Gasteiger charge is 2.19. The number of rotatable bonds is 5. The predicted molar refractivity (Wildman–Crippen MR) is 52.0 cm³/mol. The third-order valence-corrected chi connectivity index (χ3v) is 2.31. The van der Waals surface area contributed by atoms with E-state index in [0.29, 0.717) is 12.9 Å². The van der Waals surface area contributed by atoms with Gasteiger partial charge in [-0.3, -0.25) is 10.2 Å². The molecule has 1 N–H and O–H groups in total. The quantitative estimate of drug-likeness (QED) is 0.314. The van der Waals surface area contributed by atoms with Gasteiger partial charge in [0.25, 0.3) is 0 Å². The Labute approximate surface area is 81.5 Å². The molecule has 0 aromatic carbocycles. The highest BCUT2D eigenvalue weighted by atomic mass is 32.2. The van der Waals surface area contributed by atoms with Crippen molar-refractivity contribution in [3.05, 3.63) is 0 Å². The molecule has 0 aromatic heterocycles. The van der Waals surface area contributed by atoms with Crippen molar-refractivity contribution < 1.29 is 14.3 Å². The van der Waals surface area contributed by atoms with Gasteiger partial charge in [-0.2, -0.15) is 0 Å². The SMILES string of the molecule is CCOC(=O)C(C)C(=N)SCC=O. The van der Waals surface area contributed by atoms with E-state index in [1.165, 1.54) is 0 Å². The van der Waals surface area contributed by atoms with E-state index in [4.69, 9.17) is 10.1 Å². The molecule has 1 atom stereocenters. The minimum atomic E-state index is -0.565. The van der Waals surface area contributed by atoms with E-state index in [-0.39, 0.29) is 10.8 Å². The molecule has 0 aliphatic rings. The van der Waals surface area contributed by atoms with Crippen molar-refractivity contribution >= 4 is 29.1 Å². The van der Waals surface area contributed by atoms with Gasteiger partial charge in [0.1, 0.15) is 12.2 Å². The first kappa shape index (κ1) is 12.2. The molecule has 0 aliphatic carbocycles. The zero-order chi connectivity index (χ0) is 10.3. The fourth-order valence-corrected chi connectivity index (χ4v) is 1.22. The Morgan fingerprint density at radius 1 is 1.69 bits per heavy atom. The van der Waals surface area contributed by atoms with Gasteiger partial charge in [-0.05, 0) is 13.8 Å². The monoisotopic (exact) mass is 203 g/mol. The van der Waals surface area contributed by atoms with Crippen LogP contribution in [0, 0.1) is 11.3 Å². The average Bonchev–Trinajstić information content (AvgIpc) is 2.13. The molecule has 74 valence electrons. The number of ether oxygens (including phenoxy) is 1. The molecule has 0 bridgehead atoms. The molecule has 0 amide bonds. The molecule has 0 heterocycles. The van der Waals surface area contributed by atoms with Crippen LogP contribution in [0.2, 0.25) is 0 Å². The number of hydrogen-bond acceptors (Lipinski definition) is 5. The Kier molecular flexibility index (Phi) is 6.22. The van der Waals surface area contributed by atoms with Crippen LogP contribution < -0.4 is 0 Å². The van der Waals surface area contributed by atoms with Crippen LogP contribution in [0.1, 0.15) is 13.8 Å². The Morgan fingerprint density at radius 2 is 2.31 bits per heavy atom. The fourth-order valence-electron chi connectivity index (χ4n) is 0.623. The van der Waals surface area contributed by atoms with Gasteiger partial charge in [-0.15, -0.1) is 11.8 Å². The number of esters is 1. The standard InChI is InChI=1S/C8H13NO3S/c1-3-12-8(11)6(2)7(9)13-5-4-10/h4,6,9H,3,5H2,1-2H3. The maximum Gasteiger partial charge on any atom is 0.315 e. The number of hydrogen-bond donors (Lipinski definition) is 1. The van der Waals surface area contributed by atoms with E-state index in [1.807, 2.05) is 0 Å². The van der Waals surface area contributed by atoms with Gasteiger partial charge in [0.15, 0.2) is 0 Å². The van der Waals surface area contributed by atoms with Crippen molar-refractivity contribution in [3.8, 4) is 0 Å². The maximum absolute atomic E-state index is 11.1. The number of nitrogens with one attached hydrogen (secondary N) is 1. The summed E-state index contributed by atoms with van der Waals surface area (Å²) >= 11 is 1.05. The van der Waals surface area contributed by atoms with Gasteiger partial charge in [-0.25, -0.2) is 0 Å². The Morgan fingerprint density at radius 3 is 2.77 bits per heavy atom. The molecule has 5 heteroatoms. The minimum absolute atomic E-state index is 0.172. The number of carbonyl (C=O) groups excluding carboxylic acids is 2. The molecule has 13 heavy (non-hydrogen) atoms. The van der Waals surface area contributed by atoms with E-state index < -0.39 is 11.9 Å². The van der Waals surface area contributed by atoms with E-state index in [0.717, 1.165) is 11.8 Å². The first-order valence-electron chi connectivity index (χ1n) is 3.95. The first-order chi connectivity index (χ1) is 6.13. The highest BCUT2D eigenvalue weighted by Crippen LogP contribution is 2.11. The van der Waals surface area contributed by atoms with Crippen molar-refractivity contribution in [1.82, 2.24) is 0 Å². The molecule has 0 saturated carbocycles. The summed E-state index contributed by atoms with van der Waals surface area (Å²) < 4.78 is 4.72. The lowest BCUT2D eigenvalue weighted by Gasteiger charge is -2.09. The molecule has 0 radical (unpaired) electrons. The molecule has 0 rings (SSSR count). The molecular weight excluding hydrogens is 190 g/mol. The summed E-state index contributed by atoms with van der Waals surface area (Å²) in [6.45, 7) is 3.62. The van der Waals surface area contributed by atoms with E-state index in [2.05, 4.69) is 0 Å². The summed E-state index contributed by atoms with van der Waals surface area (Å²) in [7, 11) is 0. The second-order valence-corrected chi connectivity index (χ2v) is 3.38. The van der Waals surface area contributed by atoms with Crippen LogP contribution in [0.25, 0.3) is 0 Å². The smallest absolute Gasteiger partial charge is 0.315 e. The molecular formula is C8H13NO3S. The largest absolute Gasteiger partial charge is 0.465 e. The van der Waals surface area contributed by atoms with Crippen LogP contribution >= 0.6 is 11.8 Å². The molecule has 0 saturated heterocycles. The van der Waals surface area contributed by atoms with Gasteiger partial charge in [0, 0.05) is 0 Å². The zero-order valence-corrected chi connectivity index (χ0v) is 8.52. The van der Waals surface area contributed by atoms with Crippen LogP contribution in [0.4, 0.5) is 0 Å². The van der Waals surface area contributed by atoms with Crippen LogP contribution in [0.15, 0.2) is 0 Å². The van der Waals surface area contributed by atoms with Crippen LogP contribution in [-0.2, 0) is 14.3 Å². The maximum atomic E-state index is 11.1. The van der Waals surface area contributed by atoms with Gasteiger partial charge in [-0.1, -0.05) is 0 Å². The minimum Gasteiger partial charge on any atom is -0.465 e. The first-order valence-corrected chi connectivity index (χ1v) is 4.93. The van der Waals surface area contributed by atoms with Crippen molar-refractivity contribution in [2.75, 3.05) is 12.4 Å². The third kappa shape index (κ3) is 4.67. The zero-order valence-electron chi connectivity index (χ0n) is 7.70. The Balaban J connectivity index is 3.93. The summed E-state index contributed by atoms with van der Waals surface area (Å²) in [5.74, 6) is -0.765. The van der Waals surface area contributed by atoms with Gasteiger partial charge >= 0.3 is 5.97 Å². The van der Waals surface area contributed by atoms with Gasteiger partial charge in [0.2, 0.25) is 0 Å². The van der Waals surface area contributed by atoms with Crippen LogP contribution in [-0.4, -0.2) is 29.7 Å². The summed E-state index contributed by atoms with van der Waals surface area (Å²) in [5.41, 5.74) is 0. The summed E-state index contributed by atoms with van der Waals surface area (Å²) in [5, 5.41) is 7.58. The van der Waals surface area contributed by atoms with Crippen molar-refractivity contribution in [2.24, 2.45) is 5.92 Å². The van der Waals surface area contributed by atoms with E-state index in [1.54, 1.807) is 13.8 Å². The lowest BCUT2D eigenvalue weighted by atomic mass is 10.2. The number of carbonyl (C=O) groups is 2. The molecule has 0 fully saturated rings. The van der Waals surface area contributed by atoms with E-state index in [9.17, 15) is 9.59 Å². The lowest BCUT2D eigenvalue weighted by Crippen LogP contribution is -2.21. The topological polar surface area (TPSA) is 67.2 Å². The summed E-state index contributed by atoms with van der Waals surface area (Å²) in [6.07, 6.45) is 0.705. The van der Waals surface area contributed by atoms with E-state index >= 15 is 0 Å². The normalized spacial score (nSPS) is 11.8. The third-order valence-electron chi connectivity index (χ3n) is 1.34. The molecule has 0 spiro atoms. The second-order valence-electron chi connectivity index (χ2n) is 2.32. The van der Waals surface area contributed by atoms with Crippen molar-refractivity contribution in [3.63, 3.8) is 0 Å². The molecule has 0 aliphatic heterocycles. The van der Waals surface area contributed by atoms with Crippen LogP contribution in [0.5, 0.6) is 0 Å². The van der Waals surface area contributed by atoms with Gasteiger partial charge in [0.05, 0.1) is 17.4 Å².